The van der Waals surface area contributed by atoms with Gasteiger partial charge in [0, 0.05) is 42.5 Å². The molecule has 25 heteroatoms. The fraction of sp³-hybridized carbons (Fsp3) is 0.457. The normalized spacial score (nSPS) is 15.8. The Kier molecular flexibility index (Phi) is 18.1. The van der Waals surface area contributed by atoms with Crippen molar-refractivity contribution >= 4 is 64.0 Å². The molecule has 2 aliphatic carbocycles. The summed E-state index contributed by atoms with van der Waals surface area (Å²) in [6.07, 6.45) is -7.67. The molecule has 386 valence electrons. The van der Waals surface area contributed by atoms with Crippen LogP contribution in [-0.2, 0) is 41.1 Å². The SMILES string of the molecule is CN.CO.CSN(C(=O)OC1CCC1)c1nn(CC(F)(F)F)c2c(-c3ccc(C#CC(C)(C)SC)nc3C(Cc3cc(F)cc(F)c3)NC(=O)Cn3nc(C(F)(F)F)c4c3C(F)(F)C[C@@H]4C)ccc(Cl)c12. The number of pyridine rings is 1. The van der Waals surface area contributed by atoms with E-state index < -0.39 is 108 Å². The lowest BCUT2D eigenvalue weighted by atomic mass is 9.93. The highest BCUT2D eigenvalue weighted by molar-refractivity contribution is 8.00. The first-order chi connectivity index (χ1) is 33.3. The topological polar surface area (TPSA) is 153 Å². The van der Waals surface area contributed by atoms with E-state index in [1.165, 1.54) is 56.3 Å². The van der Waals surface area contributed by atoms with Crippen LogP contribution in [0.1, 0.15) is 92.3 Å². The van der Waals surface area contributed by atoms with Crippen LogP contribution in [0.3, 0.4) is 0 Å². The maximum atomic E-state index is 15.4. The number of nitrogens with one attached hydrogen (secondary N) is 1. The van der Waals surface area contributed by atoms with Crippen LogP contribution >= 0.6 is 35.3 Å². The number of aliphatic hydroxyl groups excluding tert-OH is 1. The molecule has 12 nitrogen and oxygen atoms in total. The molecule has 0 saturated heterocycles. The fourth-order valence-electron chi connectivity index (χ4n) is 7.93. The Labute approximate surface area is 415 Å². The molecule has 2 amide bonds. The molecule has 0 radical (unpaired) electrons. The first-order valence-electron chi connectivity index (χ1n) is 21.5. The first-order valence-corrected chi connectivity index (χ1v) is 24.3. The Bertz CT molecular complexity index is 2790. The monoisotopic (exact) mass is 1070 g/mol. The second-order valence-electron chi connectivity index (χ2n) is 16.6. The number of fused-ring (bicyclic) bond motifs is 2. The second kappa shape index (κ2) is 22.7. The van der Waals surface area contributed by atoms with Crippen LogP contribution in [0.2, 0.25) is 5.02 Å². The van der Waals surface area contributed by atoms with Gasteiger partial charge in [-0.15, -0.1) is 11.8 Å². The number of halogens is 11. The molecule has 4 N–H and O–H groups in total. The van der Waals surface area contributed by atoms with Crippen LogP contribution in [-0.4, -0.2) is 85.3 Å². The van der Waals surface area contributed by atoms with Crippen molar-refractivity contribution in [1.82, 2.24) is 29.9 Å². The van der Waals surface area contributed by atoms with E-state index in [1.807, 2.05) is 13.8 Å². The highest BCUT2D eigenvalue weighted by Gasteiger charge is 2.53. The molecule has 5 aromatic rings. The predicted molar refractivity (Wildman–Crippen MR) is 252 cm³/mol. The lowest BCUT2D eigenvalue weighted by molar-refractivity contribution is -0.143. The van der Waals surface area contributed by atoms with Gasteiger partial charge in [-0.2, -0.15) is 49.6 Å². The highest BCUT2D eigenvalue weighted by Crippen LogP contribution is 2.52. The number of aliphatic hydroxyl groups is 1. The largest absolute Gasteiger partial charge is 0.445 e. The van der Waals surface area contributed by atoms with Crippen LogP contribution in [0.5, 0.6) is 0 Å². The molecule has 1 unspecified atom stereocenters. The van der Waals surface area contributed by atoms with Crippen molar-refractivity contribution < 1.29 is 63.3 Å². The standard InChI is InChI=1S/C44H40ClF10N7O3S2.CH5N.CH4O/c1-22-19-42(48,49)38-33(22)37(44(53,54)55)58-60(38)20-32(63)57-31(17-23-15-24(46)18-25(47)16-23)35-28(10-9-26(56-35)13-14-41(2,3)66-4)29-11-12-30(45)34-36(29)61(21-43(50,51)52)59-39(34)62(67-5)40(64)65-27-7-6-8-27;2*1-2/h9-12,15-16,18,22,27,31H,6-8,17,19-21H2,1-5H3,(H,57,63);2H2,1H3;2H,1H3/t22-,31?;;/m0../s1. The van der Waals surface area contributed by atoms with Crippen LogP contribution in [0.4, 0.5) is 54.5 Å². The van der Waals surface area contributed by atoms with Crippen LogP contribution in [0, 0.1) is 23.5 Å². The zero-order valence-corrected chi connectivity index (χ0v) is 41.5. The summed E-state index contributed by atoms with van der Waals surface area (Å²) < 4.78 is 153. The zero-order valence-electron chi connectivity index (χ0n) is 39.1. The molecule has 7 rings (SSSR count). The smallest absolute Gasteiger partial charge is 0.435 e. The predicted octanol–water partition coefficient (Wildman–Crippen LogP) is 11.0. The summed E-state index contributed by atoms with van der Waals surface area (Å²) in [5.41, 5.74) is 0.441. The third-order valence-corrected chi connectivity index (χ3v) is 13.3. The van der Waals surface area contributed by atoms with E-state index in [4.69, 9.17) is 26.4 Å². The molecule has 0 bridgehead atoms. The van der Waals surface area contributed by atoms with Gasteiger partial charge in [0.25, 0.3) is 5.92 Å². The van der Waals surface area contributed by atoms with Crippen molar-refractivity contribution in [2.45, 2.75) is 107 Å². The summed E-state index contributed by atoms with van der Waals surface area (Å²) in [4.78, 5) is 32.3. The third-order valence-electron chi connectivity index (χ3n) is 11.2. The first kappa shape index (κ1) is 56.7. The van der Waals surface area contributed by atoms with E-state index >= 15 is 8.78 Å². The van der Waals surface area contributed by atoms with Crippen molar-refractivity contribution in [3.8, 4) is 23.0 Å². The molecular weight excluding hydrogens is 1020 g/mol. The summed E-state index contributed by atoms with van der Waals surface area (Å²) in [5.74, 6) is -2.69. The van der Waals surface area contributed by atoms with Gasteiger partial charge in [0.05, 0.1) is 32.4 Å². The van der Waals surface area contributed by atoms with Crippen LogP contribution in [0.25, 0.3) is 22.0 Å². The molecule has 3 aromatic heterocycles. The number of ether oxygens (including phenoxy) is 1. The van der Waals surface area contributed by atoms with Gasteiger partial charge in [-0.05, 0) is 113 Å². The van der Waals surface area contributed by atoms with Gasteiger partial charge < -0.3 is 20.9 Å². The minimum Gasteiger partial charge on any atom is -0.445 e. The molecule has 2 aliphatic rings. The molecule has 71 heavy (non-hydrogen) atoms. The molecule has 0 aliphatic heterocycles. The van der Waals surface area contributed by atoms with Crippen molar-refractivity contribution in [3.05, 3.63) is 93.0 Å². The van der Waals surface area contributed by atoms with E-state index in [0.717, 1.165) is 41.9 Å². The van der Waals surface area contributed by atoms with Gasteiger partial charge in [0.1, 0.15) is 42.2 Å². The van der Waals surface area contributed by atoms with Crippen LogP contribution in [0.15, 0.2) is 42.5 Å². The van der Waals surface area contributed by atoms with Gasteiger partial charge in [0.2, 0.25) is 5.91 Å². The maximum absolute atomic E-state index is 15.4. The quantitative estimate of drug-likeness (QED) is 0.0625. The van der Waals surface area contributed by atoms with Crippen molar-refractivity contribution in [3.63, 3.8) is 0 Å². The van der Waals surface area contributed by atoms with E-state index in [1.54, 1.807) is 6.26 Å². The molecule has 1 fully saturated rings. The number of amides is 2. The number of carbonyl (C=O) groups excluding carboxylic acids is 2. The number of aromatic nitrogens is 5. The number of nitrogens with zero attached hydrogens (tertiary/aromatic N) is 6. The summed E-state index contributed by atoms with van der Waals surface area (Å²) in [6, 6.07) is 6.35. The molecule has 0 spiro atoms. The van der Waals surface area contributed by atoms with Gasteiger partial charge in [-0.3, -0.25) is 14.2 Å². The molecule has 2 aromatic carbocycles. The Balaban J connectivity index is 0.00000228. The van der Waals surface area contributed by atoms with Gasteiger partial charge in [-0.1, -0.05) is 30.5 Å². The minimum atomic E-state index is -5.16. The zero-order chi connectivity index (χ0) is 53.0. The van der Waals surface area contributed by atoms with E-state index in [-0.39, 0.29) is 54.5 Å². The van der Waals surface area contributed by atoms with Crippen molar-refractivity contribution in [2.75, 3.05) is 31.0 Å². The van der Waals surface area contributed by atoms with Gasteiger partial charge in [-0.25, -0.2) is 18.6 Å². The van der Waals surface area contributed by atoms with Crippen molar-refractivity contribution in [1.29, 1.82) is 0 Å². The average molecular weight is 1070 g/mol. The van der Waals surface area contributed by atoms with Crippen molar-refractivity contribution in [2.24, 2.45) is 5.73 Å². The number of nitrogens with two attached hydrogens (primary N) is 1. The Hall–Kier alpha value is -5.22. The Morgan fingerprint density at radius 3 is 2.20 bits per heavy atom. The number of benzene rings is 2. The number of hydrogen-bond donors (Lipinski definition) is 3. The number of carbonyl (C=O) groups is 2. The van der Waals surface area contributed by atoms with Crippen LogP contribution < -0.4 is 15.4 Å². The van der Waals surface area contributed by atoms with E-state index in [0.29, 0.717) is 23.6 Å². The van der Waals surface area contributed by atoms with E-state index in [9.17, 15) is 44.7 Å². The summed E-state index contributed by atoms with van der Waals surface area (Å²) in [7, 11) is 2.50. The number of anilines is 1. The van der Waals surface area contributed by atoms with E-state index in [2.05, 4.69) is 33.1 Å². The average Bonchev–Trinajstić information content (AvgIpc) is 3.92. The Morgan fingerprint density at radius 2 is 1.63 bits per heavy atom. The second-order valence-corrected chi connectivity index (χ2v) is 19.2. The highest BCUT2D eigenvalue weighted by atomic mass is 35.5. The molecule has 1 saturated carbocycles. The third kappa shape index (κ3) is 13.1. The lowest BCUT2D eigenvalue weighted by Crippen LogP contribution is -2.35. The Morgan fingerprint density at radius 1 is 1.00 bits per heavy atom. The number of alkyl halides is 8. The molecule has 3 heterocycles. The summed E-state index contributed by atoms with van der Waals surface area (Å²) in [6.45, 7) is 1.90. The van der Waals surface area contributed by atoms with Gasteiger partial charge in [0.15, 0.2) is 11.5 Å². The number of hydrogen-bond acceptors (Lipinski definition) is 10. The minimum absolute atomic E-state index is 0.0270. The number of rotatable bonds is 12. The number of thioether (sulfide) groups is 1. The summed E-state index contributed by atoms with van der Waals surface area (Å²) >= 11 is 8.93. The summed E-state index contributed by atoms with van der Waals surface area (Å²) in [5, 5.41) is 17.0. The lowest BCUT2D eigenvalue weighted by Gasteiger charge is -2.27. The molecular formula is C46H49ClF10N8O4S2. The molecule has 2 atom stereocenters. The van der Waals surface area contributed by atoms with Gasteiger partial charge >= 0.3 is 18.4 Å². The maximum Gasteiger partial charge on any atom is 0.435 e. The fourth-order valence-corrected chi connectivity index (χ4v) is 8.81.